The van der Waals surface area contributed by atoms with Gasteiger partial charge in [0.2, 0.25) is 0 Å². The van der Waals surface area contributed by atoms with Gasteiger partial charge in [-0.15, -0.1) is 0 Å². The number of rotatable bonds is 4. The Morgan fingerprint density at radius 1 is 1.00 bits per heavy atom. The van der Waals surface area contributed by atoms with Crippen molar-refractivity contribution in [1.82, 2.24) is 8.87 Å². The molecule has 2 aromatic carbocycles. The average Bonchev–Trinajstić information content (AvgIpc) is 2.96. The second kappa shape index (κ2) is 5.92. The molecule has 0 saturated carbocycles. The van der Waals surface area contributed by atoms with Crippen molar-refractivity contribution in [2.45, 2.75) is 17.9 Å². The molecule has 0 N–H and O–H groups in total. The molecule has 0 aliphatic carbocycles. The molecular formula is C18H17ClN2O2S. The minimum atomic E-state index is -3.72. The first-order valence-electron chi connectivity index (χ1n) is 7.89. The predicted octanol–water partition coefficient (Wildman–Crippen LogP) is 3.74. The normalized spacial score (nSPS) is 15.5. The molecule has 6 heteroatoms. The summed E-state index contributed by atoms with van der Waals surface area (Å²) in [6.45, 7) is 3.07. The lowest BCUT2D eigenvalue weighted by Crippen LogP contribution is -2.36. The van der Waals surface area contributed by atoms with E-state index in [0.717, 1.165) is 30.6 Å². The summed E-state index contributed by atoms with van der Waals surface area (Å²) in [6.07, 6.45) is 2.85. The van der Waals surface area contributed by atoms with E-state index in [1.165, 1.54) is 16.5 Å². The van der Waals surface area contributed by atoms with Gasteiger partial charge >= 0.3 is 0 Å². The topological polar surface area (TPSA) is 42.3 Å². The van der Waals surface area contributed by atoms with Crippen LogP contribution >= 0.6 is 11.6 Å². The van der Waals surface area contributed by atoms with Gasteiger partial charge in [0.1, 0.15) is 4.90 Å². The maximum absolute atomic E-state index is 13.0. The number of nitrogens with zero attached hydrogens (tertiary/aromatic N) is 2. The fraction of sp³-hybridized carbons (Fsp3) is 0.222. The number of benzene rings is 2. The van der Waals surface area contributed by atoms with Crippen LogP contribution in [0.3, 0.4) is 0 Å². The summed E-state index contributed by atoms with van der Waals surface area (Å²) in [5.41, 5.74) is 1.84. The molecule has 2 heterocycles. The first-order valence-corrected chi connectivity index (χ1v) is 9.70. The highest BCUT2D eigenvalue weighted by Gasteiger charge is 2.22. The van der Waals surface area contributed by atoms with E-state index in [2.05, 4.69) is 11.0 Å². The molecule has 0 spiro atoms. The van der Waals surface area contributed by atoms with Gasteiger partial charge in [-0.2, -0.15) is 0 Å². The second-order valence-electron chi connectivity index (χ2n) is 6.03. The lowest BCUT2D eigenvalue weighted by atomic mass is 10.1. The molecule has 0 radical (unpaired) electrons. The fourth-order valence-electron chi connectivity index (χ4n) is 3.09. The number of aromatic nitrogens is 1. The molecule has 0 amide bonds. The standard InChI is InChI=1S/C18H17ClN2O2S/c19-16-6-1-2-8-18(16)24(22,23)21-12-9-15-14(5-3-7-17(15)21)13-20-10-4-11-20/h1-3,5-9,12H,4,10-11,13H2. The zero-order valence-electron chi connectivity index (χ0n) is 13.0. The Hall–Kier alpha value is -1.82. The highest BCUT2D eigenvalue weighted by molar-refractivity contribution is 7.90. The van der Waals surface area contributed by atoms with Crippen molar-refractivity contribution in [2.24, 2.45) is 0 Å². The van der Waals surface area contributed by atoms with Crippen LogP contribution in [0.5, 0.6) is 0 Å². The summed E-state index contributed by atoms with van der Waals surface area (Å²) >= 11 is 6.10. The number of hydrogen-bond donors (Lipinski definition) is 0. The van der Waals surface area contributed by atoms with E-state index >= 15 is 0 Å². The molecule has 1 aromatic heterocycles. The molecule has 4 nitrogen and oxygen atoms in total. The van der Waals surface area contributed by atoms with Crippen molar-refractivity contribution in [2.75, 3.05) is 13.1 Å². The molecule has 124 valence electrons. The Kier molecular flexibility index (Phi) is 3.87. The Morgan fingerprint density at radius 2 is 1.79 bits per heavy atom. The number of halogens is 1. The van der Waals surface area contributed by atoms with Gasteiger partial charge in [-0.05, 0) is 49.3 Å². The van der Waals surface area contributed by atoms with Gasteiger partial charge in [0.05, 0.1) is 10.5 Å². The highest BCUT2D eigenvalue weighted by atomic mass is 35.5. The predicted molar refractivity (Wildman–Crippen MR) is 95.9 cm³/mol. The lowest BCUT2D eigenvalue weighted by Gasteiger charge is -2.30. The summed E-state index contributed by atoms with van der Waals surface area (Å²) in [7, 11) is -3.72. The SMILES string of the molecule is O=S(=O)(c1ccccc1Cl)n1ccc2c(CN3CCC3)cccc21. The first kappa shape index (κ1) is 15.7. The Balaban J connectivity index is 1.83. The zero-order valence-corrected chi connectivity index (χ0v) is 14.6. The first-order chi connectivity index (χ1) is 11.6. The van der Waals surface area contributed by atoms with E-state index < -0.39 is 10.0 Å². The van der Waals surface area contributed by atoms with Crippen molar-refractivity contribution >= 4 is 32.5 Å². The Labute approximate surface area is 146 Å². The molecule has 0 bridgehead atoms. The van der Waals surface area contributed by atoms with Crippen LogP contribution in [0.4, 0.5) is 0 Å². The van der Waals surface area contributed by atoms with Crippen LogP contribution in [-0.4, -0.2) is 30.4 Å². The number of hydrogen-bond acceptors (Lipinski definition) is 3. The van der Waals surface area contributed by atoms with E-state index in [1.807, 2.05) is 18.2 Å². The summed E-state index contributed by atoms with van der Waals surface area (Å²) in [5.74, 6) is 0. The van der Waals surface area contributed by atoms with Crippen LogP contribution in [0.1, 0.15) is 12.0 Å². The zero-order chi connectivity index (χ0) is 16.7. The Morgan fingerprint density at radius 3 is 2.50 bits per heavy atom. The maximum atomic E-state index is 13.0. The Bertz CT molecular complexity index is 1010. The van der Waals surface area contributed by atoms with Gasteiger partial charge in [0, 0.05) is 18.1 Å². The van der Waals surface area contributed by atoms with Crippen LogP contribution < -0.4 is 0 Å². The van der Waals surface area contributed by atoms with Gasteiger partial charge < -0.3 is 0 Å². The molecule has 3 aromatic rings. The highest BCUT2D eigenvalue weighted by Crippen LogP contribution is 2.29. The number of likely N-dealkylation sites (tertiary alicyclic amines) is 1. The van der Waals surface area contributed by atoms with Gasteiger partial charge in [0.25, 0.3) is 10.0 Å². The third-order valence-electron chi connectivity index (χ3n) is 4.50. The van der Waals surface area contributed by atoms with Crippen molar-refractivity contribution in [1.29, 1.82) is 0 Å². The quantitative estimate of drug-likeness (QED) is 0.711. The van der Waals surface area contributed by atoms with Crippen LogP contribution in [0.25, 0.3) is 10.9 Å². The van der Waals surface area contributed by atoms with E-state index in [0.29, 0.717) is 5.52 Å². The molecule has 1 fully saturated rings. The molecule has 0 atom stereocenters. The molecule has 4 rings (SSSR count). The summed E-state index contributed by atoms with van der Waals surface area (Å²) in [6, 6.07) is 14.2. The monoisotopic (exact) mass is 360 g/mol. The van der Waals surface area contributed by atoms with Gasteiger partial charge in [-0.1, -0.05) is 35.9 Å². The minimum absolute atomic E-state index is 0.123. The van der Waals surface area contributed by atoms with Crippen LogP contribution in [0, 0.1) is 0 Å². The van der Waals surface area contributed by atoms with E-state index in [9.17, 15) is 8.42 Å². The van der Waals surface area contributed by atoms with Crippen molar-refractivity contribution < 1.29 is 8.42 Å². The smallest absolute Gasteiger partial charge is 0.269 e. The molecule has 1 aliphatic heterocycles. The fourth-order valence-corrected chi connectivity index (χ4v) is 4.94. The second-order valence-corrected chi connectivity index (χ2v) is 8.22. The third-order valence-corrected chi connectivity index (χ3v) is 6.69. The van der Waals surface area contributed by atoms with Crippen LogP contribution in [0.2, 0.25) is 5.02 Å². The summed E-state index contributed by atoms with van der Waals surface area (Å²) in [5, 5.41) is 1.20. The molecule has 1 saturated heterocycles. The van der Waals surface area contributed by atoms with Crippen LogP contribution in [0.15, 0.2) is 59.6 Å². The third kappa shape index (κ3) is 2.53. The molecule has 24 heavy (non-hydrogen) atoms. The molecule has 0 unspecified atom stereocenters. The minimum Gasteiger partial charge on any atom is -0.299 e. The van der Waals surface area contributed by atoms with Gasteiger partial charge in [0.15, 0.2) is 0 Å². The molecule has 1 aliphatic rings. The van der Waals surface area contributed by atoms with Crippen LogP contribution in [-0.2, 0) is 16.6 Å². The number of fused-ring (bicyclic) bond motifs is 1. The molecular weight excluding hydrogens is 344 g/mol. The lowest BCUT2D eigenvalue weighted by molar-refractivity contribution is 0.173. The van der Waals surface area contributed by atoms with Crippen molar-refractivity contribution in [3.05, 3.63) is 65.3 Å². The average molecular weight is 361 g/mol. The largest absolute Gasteiger partial charge is 0.299 e. The maximum Gasteiger partial charge on any atom is 0.269 e. The van der Waals surface area contributed by atoms with E-state index in [4.69, 9.17) is 11.6 Å². The van der Waals surface area contributed by atoms with Gasteiger partial charge in [-0.25, -0.2) is 12.4 Å². The van der Waals surface area contributed by atoms with E-state index in [1.54, 1.807) is 24.4 Å². The van der Waals surface area contributed by atoms with Crippen molar-refractivity contribution in [3.8, 4) is 0 Å². The summed E-state index contributed by atoms with van der Waals surface area (Å²) < 4.78 is 27.3. The summed E-state index contributed by atoms with van der Waals surface area (Å²) in [4.78, 5) is 2.48. The van der Waals surface area contributed by atoms with Gasteiger partial charge in [-0.3, -0.25) is 4.90 Å². The van der Waals surface area contributed by atoms with E-state index in [-0.39, 0.29) is 9.92 Å². The van der Waals surface area contributed by atoms with Crippen molar-refractivity contribution in [3.63, 3.8) is 0 Å².